The number of rotatable bonds is 9. The summed E-state index contributed by atoms with van der Waals surface area (Å²) >= 11 is 0. The third kappa shape index (κ3) is 9.44. The molecule has 0 bridgehead atoms. The van der Waals surface area contributed by atoms with Crippen molar-refractivity contribution in [3.05, 3.63) is 36.0 Å². The number of ether oxygens (including phenoxy) is 4. The molecule has 0 aromatic rings. The van der Waals surface area contributed by atoms with E-state index in [-0.39, 0.29) is 46.7 Å². The first kappa shape index (κ1) is 30.3. The van der Waals surface area contributed by atoms with E-state index < -0.39 is 8.32 Å². The van der Waals surface area contributed by atoms with Crippen molar-refractivity contribution in [2.24, 2.45) is 0 Å². The lowest BCUT2D eigenvalue weighted by Crippen LogP contribution is -2.46. The van der Waals surface area contributed by atoms with Gasteiger partial charge in [0, 0.05) is 25.3 Å². The zero-order valence-electron chi connectivity index (χ0n) is 24.4. The van der Waals surface area contributed by atoms with Crippen molar-refractivity contribution in [1.29, 1.82) is 0 Å². The van der Waals surface area contributed by atoms with E-state index in [1.165, 1.54) is 0 Å². The zero-order chi connectivity index (χ0) is 27.5. The predicted molar refractivity (Wildman–Crippen MR) is 149 cm³/mol. The summed E-state index contributed by atoms with van der Waals surface area (Å²) in [4.78, 5) is 12.4. The fourth-order valence-electron chi connectivity index (χ4n) is 4.66. The van der Waals surface area contributed by atoms with Gasteiger partial charge in [0.2, 0.25) is 5.91 Å². The number of hydrogen-bond acceptors (Lipinski definition) is 6. The lowest BCUT2D eigenvalue weighted by Gasteiger charge is -2.38. The highest BCUT2D eigenvalue weighted by molar-refractivity contribution is 6.74. The van der Waals surface area contributed by atoms with Gasteiger partial charge in [-0.1, -0.05) is 50.6 Å². The number of hydrogen-bond donors (Lipinski definition) is 1. The lowest BCUT2D eigenvalue weighted by molar-refractivity contribution is -0.187. The SMILES string of the molecule is CC(/C=C/[C@@H]1C[C@]2(CO2)CC(C)(C)O1)=C\CC1OCC(NC(=O)/C=C\C(C)O[Si](C)(C)C(C)(C)C)CO1. The summed E-state index contributed by atoms with van der Waals surface area (Å²) in [7, 11) is -1.87. The first-order valence-corrected chi connectivity index (χ1v) is 16.6. The van der Waals surface area contributed by atoms with Gasteiger partial charge in [-0.3, -0.25) is 4.79 Å². The average Bonchev–Trinajstić information content (AvgIpc) is 3.51. The maximum absolute atomic E-state index is 12.4. The number of nitrogens with one attached hydrogen (secondary N) is 1. The summed E-state index contributed by atoms with van der Waals surface area (Å²) in [6.07, 6.45) is 11.9. The van der Waals surface area contributed by atoms with Gasteiger partial charge >= 0.3 is 0 Å². The molecule has 1 spiro atoms. The van der Waals surface area contributed by atoms with Crippen LogP contribution < -0.4 is 5.32 Å². The molecule has 8 heteroatoms. The van der Waals surface area contributed by atoms with Gasteiger partial charge in [0.1, 0.15) is 0 Å². The highest BCUT2D eigenvalue weighted by Crippen LogP contribution is 2.46. The Kier molecular flexibility index (Phi) is 9.68. The standard InChI is InChI=1S/C29H49NO6Si/c1-21(10-13-24-16-29(20-34-29)19-28(6,7)35-24)11-15-26-32-17-23(18-33-26)30-25(31)14-12-22(2)36-37(8,9)27(3,4)5/h10-14,22-24,26H,15-20H2,1-9H3,(H,30,31)/b13-10+,14-12-,21-11+/t22?,23?,24-,26?,29-/m1/s1. The van der Waals surface area contributed by atoms with Gasteiger partial charge in [-0.05, 0) is 45.8 Å². The number of epoxide rings is 1. The van der Waals surface area contributed by atoms with Crippen molar-refractivity contribution < 1.29 is 28.2 Å². The van der Waals surface area contributed by atoms with Gasteiger partial charge in [-0.15, -0.1) is 0 Å². The average molecular weight is 536 g/mol. The van der Waals surface area contributed by atoms with Crippen molar-refractivity contribution in [2.45, 2.75) is 122 Å². The van der Waals surface area contributed by atoms with Crippen LogP contribution in [0.2, 0.25) is 18.1 Å². The molecule has 3 rings (SSSR count). The molecule has 7 nitrogen and oxygen atoms in total. The molecule has 3 saturated heterocycles. The molecule has 3 aliphatic heterocycles. The monoisotopic (exact) mass is 535 g/mol. The minimum Gasteiger partial charge on any atom is -0.411 e. The second kappa shape index (κ2) is 11.8. The van der Waals surface area contributed by atoms with Gasteiger partial charge in [0.25, 0.3) is 0 Å². The molecule has 3 aliphatic rings. The van der Waals surface area contributed by atoms with Crippen LogP contribution in [0.15, 0.2) is 36.0 Å². The van der Waals surface area contributed by atoms with Crippen molar-refractivity contribution in [2.75, 3.05) is 19.8 Å². The van der Waals surface area contributed by atoms with Crippen LogP contribution in [0.4, 0.5) is 0 Å². The molecule has 0 aromatic heterocycles. The maximum Gasteiger partial charge on any atom is 0.244 e. The van der Waals surface area contributed by atoms with Gasteiger partial charge in [-0.2, -0.15) is 0 Å². The molecule has 3 fully saturated rings. The highest BCUT2D eigenvalue weighted by atomic mass is 28.4. The van der Waals surface area contributed by atoms with E-state index in [1.54, 1.807) is 6.08 Å². The maximum atomic E-state index is 12.4. The zero-order valence-corrected chi connectivity index (χ0v) is 25.4. The lowest BCUT2D eigenvalue weighted by atomic mass is 9.85. The van der Waals surface area contributed by atoms with Gasteiger partial charge < -0.3 is 28.7 Å². The number of allylic oxidation sites excluding steroid dienone is 2. The Morgan fingerprint density at radius 1 is 1.19 bits per heavy atom. The van der Waals surface area contributed by atoms with Crippen molar-refractivity contribution >= 4 is 14.2 Å². The van der Waals surface area contributed by atoms with Gasteiger partial charge in [0.15, 0.2) is 14.6 Å². The Morgan fingerprint density at radius 2 is 1.84 bits per heavy atom. The third-order valence-electron chi connectivity index (χ3n) is 7.67. The molecule has 210 valence electrons. The minimum absolute atomic E-state index is 0.0245. The molecule has 0 saturated carbocycles. The summed E-state index contributed by atoms with van der Waals surface area (Å²) in [6.45, 7) is 21.1. The molecule has 3 heterocycles. The summed E-state index contributed by atoms with van der Waals surface area (Å²) in [5.41, 5.74) is 1.000. The van der Waals surface area contributed by atoms with E-state index in [1.807, 2.05) is 13.0 Å². The van der Waals surface area contributed by atoms with Gasteiger partial charge in [-0.25, -0.2) is 0 Å². The molecule has 1 N–H and O–H groups in total. The number of carbonyl (C=O) groups is 1. The van der Waals surface area contributed by atoms with Crippen LogP contribution >= 0.6 is 0 Å². The predicted octanol–water partition coefficient (Wildman–Crippen LogP) is 5.43. The molecule has 0 aliphatic carbocycles. The first-order valence-electron chi connectivity index (χ1n) is 13.6. The topological polar surface area (TPSA) is 78.5 Å². The second-order valence-corrected chi connectivity index (χ2v) is 17.8. The fourth-order valence-corrected chi connectivity index (χ4v) is 6.02. The van der Waals surface area contributed by atoms with Crippen LogP contribution in [-0.4, -0.2) is 69.8 Å². The quantitative estimate of drug-likeness (QED) is 0.184. The van der Waals surface area contributed by atoms with Crippen LogP contribution in [0.3, 0.4) is 0 Å². The van der Waals surface area contributed by atoms with Crippen LogP contribution in [0, 0.1) is 0 Å². The largest absolute Gasteiger partial charge is 0.411 e. The summed E-state index contributed by atoms with van der Waals surface area (Å²) in [5.74, 6) is -0.159. The minimum atomic E-state index is -1.87. The summed E-state index contributed by atoms with van der Waals surface area (Å²) < 4.78 is 29.9. The van der Waals surface area contributed by atoms with E-state index in [0.717, 1.165) is 25.0 Å². The van der Waals surface area contributed by atoms with E-state index in [2.05, 4.69) is 78.2 Å². The molecule has 37 heavy (non-hydrogen) atoms. The first-order chi connectivity index (χ1) is 17.1. The molecular weight excluding hydrogens is 486 g/mol. The summed E-state index contributed by atoms with van der Waals surface area (Å²) in [6, 6.07) is -0.168. The van der Waals surface area contributed by atoms with E-state index in [0.29, 0.717) is 19.6 Å². The molecule has 1 amide bonds. The van der Waals surface area contributed by atoms with Crippen LogP contribution in [0.25, 0.3) is 0 Å². The molecule has 3 atom stereocenters. The van der Waals surface area contributed by atoms with Crippen molar-refractivity contribution in [1.82, 2.24) is 5.32 Å². The Morgan fingerprint density at radius 3 is 2.43 bits per heavy atom. The van der Waals surface area contributed by atoms with Crippen LogP contribution in [0.5, 0.6) is 0 Å². The number of amides is 1. The Balaban J connectivity index is 1.36. The second-order valence-electron chi connectivity index (χ2n) is 13.1. The van der Waals surface area contributed by atoms with E-state index in [4.69, 9.17) is 23.4 Å². The Hall–Kier alpha value is -1.29. The van der Waals surface area contributed by atoms with Crippen LogP contribution in [0.1, 0.15) is 67.7 Å². The molecule has 0 aromatic carbocycles. The highest BCUT2D eigenvalue weighted by Gasteiger charge is 2.53. The van der Waals surface area contributed by atoms with Crippen molar-refractivity contribution in [3.63, 3.8) is 0 Å². The third-order valence-corrected chi connectivity index (χ3v) is 12.2. The normalized spacial score (nSPS) is 31.7. The molecule has 0 radical (unpaired) electrons. The molecule has 1 unspecified atom stereocenters. The van der Waals surface area contributed by atoms with Crippen molar-refractivity contribution in [3.8, 4) is 0 Å². The van der Waals surface area contributed by atoms with E-state index >= 15 is 0 Å². The Labute approximate surface area is 225 Å². The smallest absolute Gasteiger partial charge is 0.244 e. The number of carbonyl (C=O) groups excluding carboxylic acids is 1. The Bertz CT molecular complexity index is 869. The van der Waals surface area contributed by atoms with Crippen LogP contribution in [-0.2, 0) is 28.2 Å². The van der Waals surface area contributed by atoms with E-state index in [9.17, 15) is 4.79 Å². The molecular formula is C29H49NO6Si. The van der Waals surface area contributed by atoms with Gasteiger partial charge in [0.05, 0.1) is 49.3 Å². The fraction of sp³-hybridized carbons (Fsp3) is 0.759. The summed E-state index contributed by atoms with van der Waals surface area (Å²) in [5, 5.41) is 3.09.